The molecule has 11 nitrogen and oxygen atoms in total. The SMILES string of the molecule is COc1nc(N/N=C\c2ccc(-c3cccc(C(=O)O)c3)o2)nc(N2CCOCC2)n1. The van der Waals surface area contributed by atoms with E-state index in [0.29, 0.717) is 49.3 Å². The molecule has 1 fully saturated rings. The Morgan fingerprint density at radius 2 is 2.06 bits per heavy atom. The van der Waals surface area contributed by atoms with Crippen LogP contribution in [0.1, 0.15) is 16.1 Å². The molecule has 0 radical (unpaired) electrons. The molecule has 11 heteroatoms. The van der Waals surface area contributed by atoms with Crippen molar-refractivity contribution in [2.24, 2.45) is 5.10 Å². The van der Waals surface area contributed by atoms with E-state index in [1.807, 2.05) is 4.90 Å². The van der Waals surface area contributed by atoms with E-state index < -0.39 is 5.97 Å². The summed E-state index contributed by atoms with van der Waals surface area (Å²) in [6.07, 6.45) is 1.47. The summed E-state index contributed by atoms with van der Waals surface area (Å²) in [6, 6.07) is 10.1. The van der Waals surface area contributed by atoms with Crippen LogP contribution < -0.4 is 15.1 Å². The molecule has 2 aromatic heterocycles. The van der Waals surface area contributed by atoms with Crippen molar-refractivity contribution in [3.63, 3.8) is 0 Å². The van der Waals surface area contributed by atoms with Crippen LogP contribution >= 0.6 is 0 Å². The van der Waals surface area contributed by atoms with E-state index in [-0.39, 0.29) is 17.5 Å². The maximum Gasteiger partial charge on any atom is 0.335 e. The van der Waals surface area contributed by atoms with Crippen LogP contribution in [0.5, 0.6) is 6.01 Å². The summed E-state index contributed by atoms with van der Waals surface area (Å²) in [5, 5.41) is 13.2. The Labute approximate surface area is 177 Å². The van der Waals surface area contributed by atoms with Crippen molar-refractivity contribution >= 4 is 24.1 Å². The molecule has 1 aliphatic heterocycles. The Bertz CT molecular complexity index is 1090. The standard InChI is InChI=1S/C20H20N6O5/c1-29-20-23-18(22-19(24-20)26-7-9-30-10-8-26)25-21-12-15-5-6-16(31-15)13-3-2-4-14(11-13)17(27)28/h2-6,11-12H,7-10H2,1H3,(H,27,28)(H,22,23,24,25)/b21-12-. The summed E-state index contributed by atoms with van der Waals surface area (Å²) in [6.45, 7) is 2.55. The number of rotatable bonds is 7. The van der Waals surface area contributed by atoms with Gasteiger partial charge < -0.3 is 23.9 Å². The van der Waals surface area contributed by atoms with Gasteiger partial charge in [-0.25, -0.2) is 10.2 Å². The second-order valence-electron chi connectivity index (χ2n) is 6.50. The fourth-order valence-corrected chi connectivity index (χ4v) is 2.93. The van der Waals surface area contributed by atoms with Crippen molar-refractivity contribution in [2.45, 2.75) is 0 Å². The Morgan fingerprint density at radius 1 is 1.23 bits per heavy atom. The number of ether oxygens (including phenoxy) is 2. The Balaban J connectivity index is 1.46. The first-order valence-electron chi connectivity index (χ1n) is 9.48. The summed E-state index contributed by atoms with van der Waals surface area (Å²) < 4.78 is 16.2. The van der Waals surface area contributed by atoms with Gasteiger partial charge in [-0.2, -0.15) is 20.1 Å². The molecule has 0 bridgehead atoms. The van der Waals surface area contributed by atoms with E-state index in [4.69, 9.17) is 19.0 Å². The van der Waals surface area contributed by atoms with Gasteiger partial charge in [-0.3, -0.25) is 0 Å². The first-order chi connectivity index (χ1) is 15.1. The molecule has 0 saturated carbocycles. The monoisotopic (exact) mass is 424 g/mol. The van der Waals surface area contributed by atoms with E-state index in [2.05, 4.69) is 25.5 Å². The molecule has 3 aromatic rings. The molecule has 0 aliphatic carbocycles. The lowest BCUT2D eigenvalue weighted by molar-refractivity contribution is 0.0697. The van der Waals surface area contributed by atoms with Crippen LogP contribution in [-0.2, 0) is 4.74 Å². The molecule has 0 atom stereocenters. The molecular formula is C20H20N6O5. The van der Waals surface area contributed by atoms with Crippen molar-refractivity contribution < 1.29 is 23.8 Å². The zero-order valence-electron chi connectivity index (χ0n) is 16.7. The summed E-state index contributed by atoms with van der Waals surface area (Å²) in [4.78, 5) is 25.9. The molecule has 31 heavy (non-hydrogen) atoms. The van der Waals surface area contributed by atoms with E-state index in [1.54, 1.807) is 30.3 Å². The highest BCUT2D eigenvalue weighted by Crippen LogP contribution is 2.23. The highest BCUT2D eigenvalue weighted by molar-refractivity contribution is 5.89. The largest absolute Gasteiger partial charge is 0.478 e. The lowest BCUT2D eigenvalue weighted by Gasteiger charge is -2.26. The average Bonchev–Trinajstić information content (AvgIpc) is 3.28. The van der Waals surface area contributed by atoms with Crippen LogP contribution in [0, 0.1) is 0 Å². The minimum Gasteiger partial charge on any atom is -0.478 e. The number of carboxylic acid groups (broad SMARTS) is 1. The quantitative estimate of drug-likeness (QED) is 0.429. The predicted octanol–water partition coefficient (Wildman–Crippen LogP) is 2.12. The Hall–Kier alpha value is -3.99. The smallest absolute Gasteiger partial charge is 0.335 e. The van der Waals surface area contributed by atoms with Crippen molar-refractivity contribution in [3.05, 3.63) is 47.7 Å². The molecule has 0 unspecified atom stereocenters. The van der Waals surface area contributed by atoms with Gasteiger partial charge in [0.15, 0.2) is 0 Å². The third-order valence-corrected chi connectivity index (χ3v) is 4.46. The number of benzene rings is 1. The van der Waals surface area contributed by atoms with E-state index in [0.717, 1.165) is 0 Å². The number of aromatic carboxylic acids is 1. The summed E-state index contributed by atoms with van der Waals surface area (Å²) in [5.74, 6) is 0.708. The first-order valence-corrected chi connectivity index (χ1v) is 9.48. The number of hydrogen-bond donors (Lipinski definition) is 2. The third-order valence-electron chi connectivity index (χ3n) is 4.46. The van der Waals surface area contributed by atoms with Gasteiger partial charge in [0.2, 0.25) is 5.95 Å². The van der Waals surface area contributed by atoms with Crippen molar-refractivity contribution in [1.29, 1.82) is 0 Å². The Morgan fingerprint density at radius 3 is 2.84 bits per heavy atom. The zero-order chi connectivity index (χ0) is 21.6. The molecule has 0 amide bonds. The van der Waals surface area contributed by atoms with Crippen LogP contribution in [0.25, 0.3) is 11.3 Å². The van der Waals surface area contributed by atoms with E-state index >= 15 is 0 Å². The number of anilines is 2. The molecule has 160 valence electrons. The predicted molar refractivity (Wildman–Crippen MR) is 112 cm³/mol. The number of carboxylic acids is 1. The molecular weight excluding hydrogens is 404 g/mol. The number of hydrazone groups is 1. The summed E-state index contributed by atoms with van der Waals surface area (Å²) >= 11 is 0. The number of furan rings is 1. The third kappa shape index (κ3) is 4.95. The van der Waals surface area contributed by atoms with Gasteiger partial charge >= 0.3 is 12.0 Å². The van der Waals surface area contributed by atoms with Crippen LogP contribution in [0.3, 0.4) is 0 Å². The van der Waals surface area contributed by atoms with Gasteiger partial charge in [-0.05, 0) is 24.3 Å². The topological polar surface area (TPSA) is 135 Å². The fourth-order valence-electron chi connectivity index (χ4n) is 2.93. The average molecular weight is 424 g/mol. The number of nitrogens with one attached hydrogen (secondary N) is 1. The highest BCUT2D eigenvalue weighted by Gasteiger charge is 2.16. The van der Waals surface area contributed by atoms with Crippen molar-refractivity contribution in [2.75, 3.05) is 43.7 Å². The lowest BCUT2D eigenvalue weighted by atomic mass is 10.1. The maximum absolute atomic E-state index is 11.1. The van der Waals surface area contributed by atoms with Gasteiger partial charge in [0.1, 0.15) is 11.5 Å². The summed E-state index contributed by atoms with van der Waals surface area (Å²) in [5.41, 5.74) is 3.60. The van der Waals surface area contributed by atoms with Crippen molar-refractivity contribution in [1.82, 2.24) is 15.0 Å². The van der Waals surface area contributed by atoms with Crippen LogP contribution in [-0.4, -0.2) is 65.7 Å². The number of carbonyl (C=O) groups is 1. The highest BCUT2D eigenvalue weighted by atomic mass is 16.5. The second kappa shape index (κ2) is 9.22. The first kappa shape index (κ1) is 20.3. The fraction of sp³-hybridized carbons (Fsp3) is 0.250. The second-order valence-corrected chi connectivity index (χ2v) is 6.50. The van der Waals surface area contributed by atoms with Crippen LogP contribution in [0.15, 0.2) is 45.9 Å². The van der Waals surface area contributed by atoms with Gasteiger partial charge in [0.05, 0.1) is 32.1 Å². The number of hydrogen-bond acceptors (Lipinski definition) is 10. The lowest BCUT2D eigenvalue weighted by Crippen LogP contribution is -2.37. The maximum atomic E-state index is 11.1. The van der Waals surface area contributed by atoms with E-state index in [9.17, 15) is 4.79 Å². The Kier molecular flexibility index (Phi) is 6.03. The van der Waals surface area contributed by atoms with Gasteiger partial charge in [0.25, 0.3) is 5.95 Å². The van der Waals surface area contributed by atoms with Crippen LogP contribution in [0.2, 0.25) is 0 Å². The molecule has 3 heterocycles. The van der Waals surface area contributed by atoms with Gasteiger partial charge in [-0.15, -0.1) is 0 Å². The molecule has 2 N–H and O–H groups in total. The number of methoxy groups -OCH3 is 1. The molecule has 1 aromatic carbocycles. The molecule has 0 spiro atoms. The van der Waals surface area contributed by atoms with E-state index in [1.165, 1.54) is 19.4 Å². The van der Waals surface area contributed by atoms with Gasteiger partial charge in [-0.1, -0.05) is 12.1 Å². The molecule has 1 aliphatic rings. The van der Waals surface area contributed by atoms with Gasteiger partial charge in [0, 0.05) is 18.7 Å². The molecule has 1 saturated heterocycles. The molecule has 4 rings (SSSR count). The minimum atomic E-state index is -0.997. The normalized spacial score (nSPS) is 14.0. The number of morpholine rings is 1. The number of aromatic nitrogens is 3. The minimum absolute atomic E-state index is 0.174. The van der Waals surface area contributed by atoms with Crippen molar-refractivity contribution in [3.8, 4) is 17.3 Å². The summed E-state index contributed by atoms with van der Waals surface area (Å²) in [7, 11) is 1.48. The number of nitrogens with zero attached hydrogens (tertiary/aromatic N) is 5. The van der Waals surface area contributed by atoms with Crippen LogP contribution in [0.4, 0.5) is 11.9 Å². The zero-order valence-corrected chi connectivity index (χ0v) is 16.7.